The van der Waals surface area contributed by atoms with Crippen LogP contribution in [0.25, 0.3) is 0 Å². The lowest BCUT2D eigenvalue weighted by atomic mass is 10.2. The molecule has 0 radical (unpaired) electrons. The SMILES string of the molecule is Cc1ccc(Nc2nccnc2C#N)c(C)n1. The summed E-state index contributed by atoms with van der Waals surface area (Å²) in [6, 6.07) is 5.80. The third-order valence-corrected chi connectivity index (χ3v) is 2.28. The second kappa shape index (κ2) is 4.58. The van der Waals surface area contributed by atoms with Crippen LogP contribution >= 0.6 is 0 Å². The predicted molar refractivity (Wildman–Crippen MR) is 63.7 cm³/mol. The molecule has 0 aliphatic carbocycles. The van der Waals surface area contributed by atoms with Crippen LogP contribution in [0.15, 0.2) is 24.5 Å². The van der Waals surface area contributed by atoms with Crippen LogP contribution in [0.5, 0.6) is 0 Å². The Kier molecular flexibility index (Phi) is 2.97. The van der Waals surface area contributed by atoms with Crippen LogP contribution < -0.4 is 5.32 Å². The van der Waals surface area contributed by atoms with E-state index in [9.17, 15) is 0 Å². The summed E-state index contributed by atoms with van der Waals surface area (Å²) in [6.45, 7) is 3.83. The van der Waals surface area contributed by atoms with Crippen LogP contribution in [0, 0.1) is 25.2 Å². The van der Waals surface area contributed by atoms with Crippen molar-refractivity contribution in [2.75, 3.05) is 5.32 Å². The van der Waals surface area contributed by atoms with Crippen LogP contribution in [-0.4, -0.2) is 15.0 Å². The van der Waals surface area contributed by atoms with E-state index in [1.807, 2.05) is 32.0 Å². The molecule has 0 bridgehead atoms. The van der Waals surface area contributed by atoms with Gasteiger partial charge in [0, 0.05) is 18.1 Å². The zero-order valence-electron chi connectivity index (χ0n) is 9.60. The summed E-state index contributed by atoms with van der Waals surface area (Å²) >= 11 is 0. The molecule has 0 aliphatic heterocycles. The minimum Gasteiger partial charge on any atom is -0.336 e. The number of nitrogens with zero attached hydrogens (tertiary/aromatic N) is 4. The van der Waals surface area contributed by atoms with Crippen molar-refractivity contribution in [1.29, 1.82) is 5.26 Å². The van der Waals surface area contributed by atoms with Gasteiger partial charge in [0.1, 0.15) is 6.07 Å². The standard InChI is InChI=1S/C12H11N5/c1-8-3-4-10(9(2)16-8)17-12-11(7-13)14-5-6-15-12/h3-6H,1-2H3,(H,15,17). The highest BCUT2D eigenvalue weighted by molar-refractivity contribution is 5.62. The third kappa shape index (κ3) is 2.37. The van der Waals surface area contributed by atoms with Crippen molar-refractivity contribution >= 4 is 11.5 Å². The molecule has 84 valence electrons. The van der Waals surface area contributed by atoms with Gasteiger partial charge in [0.15, 0.2) is 11.5 Å². The average molecular weight is 225 g/mol. The smallest absolute Gasteiger partial charge is 0.183 e. The van der Waals surface area contributed by atoms with Crippen LogP contribution in [-0.2, 0) is 0 Å². The van der Waals surface area contributed by atoms with Gasteiger partial charge in [-0.05, 0) is 26.0 Å². The van der Waals surface area contributed by atoms with E-state index in [2.05, 4.69) is 20.3 Å². The van der Waals surface area contributed by atoms with E-state index < -0.39 is 0 Å². The van der Waals surface area contributed by atoms with Gasteiger partial charge in [0.25, 0.3) is 0 Å². The summed E-state index contributed by atoms with van der Waals surface area (Å²) in [5.74, 6) is 0.448. The molecule has 5 heteroatoms. The van der Waals surface area contributed by atoms with Gasteiger partial charge in [-0.3, -0.25) is 4.98 Å². The van der Waals surface area contributed by atoms with Gasteiger partial charge in [-0.25, -0.2) is 9.97 Å². The van der Waals surface area contributed by atoms with Crippen LogP contribution in [0.2, 0.25) is 0 Å². The normalized spacial score (nSPS) is 9.71. The van der Waals surface area contributed by atoms with Crippen molar-refractivity contribution in [1.82, 2.24) is 15.0 Å². The fraction of sp³-hybridized carbons (Fsp3) is 0.167. The molecule has 0 fully saturated rings. The first-order valence-corrected chi connectivity index (χ1v) is 5.13. The van der Waals surface area contributed by atoms with E-state index in [0.29, 0.717) is 5.82 Å². The minimum atomic E-state index is 0.271. The van der Waals surface area contributed by atoms with Crippen molar-refractivity contribution in [2.24, 2.45) is 0 Å². The number of anilines is 2. The molecule has 0 saturated carbocycles. The number of hydrogen-bond acceptors (Lipinski definition) is 5. The van der Waals surface area contributed by atoms with E-state index in [0.717, 1.165) is 17.1 Å². The summed E-state index contributed by atoms with van der Waals surface area (Å²) in [7, 11) is 0. The summed E-state index contributed by atoms with van der Waals surface area (Å²) in [4.78, 5) is 12.4. The molecule has 0 aromatic carbocycles. The van der Waals surface area contributed by atoms with Crippen LogP contribution in [0.3, 0.4) is 0 Å². The lowest BCUT2D eigenvalue weighted by Gasteiger charge is -2.08. The predicted octanol–water partition coefficient (Wildman–Crippen LogP) is 2.10. The molecule has 0 spiro atoms. The molecule has 1 N–H and O–H groups in total. The second-order valence-electron chi connectivity index (χ2n) is 3.58. The molecule has 0 amide bonds. The number of aromatic nitrogens is 3. The maximum atomic E-state index is 8.90. The first kappa shape index (κ1) is 11.0. The lowest BCUT2D eigenvalue weighted by molar-refractivity contribution is 1.11. The summed E-state index contributed by atoms with van der Waals surface area (Å²) < 4.78 is 0. The molecular weight excluding hydrogens is 214 g/mol. The van der Waals surface area contributed by atoms with Crippen LogP contribution in [0.1, 0.15) is 17.1 Å². The van der Waals surface area contributed by atoms with Crippen molar-refractivity contribution < 1.29 is 0 Å². The Labute approximate surface area is 99.2 Å². The molecule has 0 aliphatic rings. The zero-order valence-corrected chi connectivity index (χ0v) is 9.60. The maximum Gasteiger partial charge on any atom is 0.183 e. The third-order valence-electron chi connectivity index (χ3n) is 2.28. The van der Waals surface area contributed by atoms with Gasteiger partial charge in [-0.1, -0.05) is 0 Å². The van der Waals surface area contributed by atoms with Gasteiger partial charge in [-0.2, -0.15) is 5.26 Å². The zero-order chi connectivity index (χ0) is 12.3. The quantitative estimate of drug-likeness (QED) is 0.847. The van der Waals surface area contributed by atoms with Crippen LogP contribution in [0.4, 0.5) is 11.5 Å². The summed E-state index contributed by atoms with van der Waals surface area (Å²) in [5, 5.41) is 12.0. The number of nitrogens with one attached hydrogen (secondary N) is 1. The molecular formula is C12H11N5. The molecule has 2 aromatic heterocycles. The van der Waals surface area contributed by atoms with Gasteiger partial charge in [0.2, 0.25) is 0 Å². The molecule has 0 saturated heterocycles. The number of pyridine rings is 1. The molecule has 2 heterocycles. The highest BCUT2D eigenvalue weighted by Gasteiger charge is 2.06. The summed E-state index contributed by atoms with van der Waals surface area (Å²) in [5.41, 5.74) is 2.91. The number of rotatable bonds is 2. The second-order valence-corrected chi connectivity index (χ2v) is 3.58. The van der Waals surface area contributed by atoms with Gasteiger partial charge in [-0.15, -0.1) is 0 Å². The summed E-state index contributed by atoms with van der Waals surface area (Å²) in [6.07, 6.45) is 3.03. The van der Waals surface area contributed by atoms with E-state index in [4.69, 9.17) is 5.26 Å². The van der Waals surface area contributed by atoms with E-state index >= 15 is 0 Å². The number of hydrogen-bond donors (Lipinski definition) is 1. The Bertz CT molecular complexity index is 586. The Hall–Kier alpha value is -2.48. The largest absolute Gasteiger partial charge is 0.336 e. The molecule has 5 nitrogen and oxygen atoms in total. The topological polar surface area (TPSA) is 74.5 Å². The fourth-order valence-electron chi connectivity index (χ4n) is 1.46. The van der Waals surface area contributed by atoms with E-state index in [-0.39, 0.29) is 5.69 Å². The maximum absolute atomic E-state index is 8.90. The molecule has 2 aromatic rings. The fourth-order valence-corrected chi connectivity index (χ4v) is 1.46. The Balaban J connectivity index is 2.35. The minimum absolute atomic E-state index is 0.271. The number of aryl methyl sites for hydroxylation is 2. The van der Waals surface area contributed by atoms with E-state index in [1.165, 1.54) is 6.20 Å². The van der Waals surface area contributed by atoms with Crippen molar-refractivity contribution in [3.8, 4) is 6.07 Å². The average Bonchev–Trinajstić information content (AvgIpc) is 2.33. The first-order chi connectivity index (χ1) is 8.20. The Morgan fingerprint density at radius 1 is 1.18 bits per heavy atom. The molecule has 17 heavy (non-hydrogen) atoms. The molecule has 0 atom stereocenters. The first-order valence-electron chi connectivity index (χ1n) is 5.13. The number of nitriles is 1. The van der Waals surface area contributed by atoms with E-state index in [1.54, 1.807) is 6.20 Å². The highest BCUT2D eigenvalue weighted by Crippen LogP contribution is 2.19. The highest BCUT2D eigenvalue weighted by atomic mass is 15.0. The van der Waals surface area contributed by atoms with Crippen molar-refractivity contribution in [2.45, 2.75) is 13.8 Å². The van der Waals surface area contributed by atoms with Crippen molar-refractivity contribution in [3.63, 3.8) is 0 Å². The molecule has 2 rings (SSSR count). The van der Waals surface area contributed by atoms with Gasteiger partial charge < -0.3 is 5.32 Å². The Morgan fingerprint density at radius 3 is 2.65 bits per heavy atom. The lowest BCUT2D eigenvalue weighted by Crippen LogP contribution is -2.01. The van der Waals surface area contributed by atoms with Gasteiger partial charge >= 0.3 is 0 Å². The molecule has 0 unspecified atom stereocenters. The Morgan fingerprint density at radius 2 is 1.94 bits per heavy atom. The monoisotopic (exact) mass is 225 g/mol. The van der Waals surface area contributed by atoms with Crippen molar-refractivity contribution in [3.05, 3.63) is 41.6 Å². The van der Waals surface area contributed by atoms with Gasteiger partial charge in [0.05, 0.1) is 11.4 Å².